The first-order valence-corrected chi connectivity index (χ1v) is 7.94. The minimum Gasteiger partial charge on any atom is -0.345 e. The van der Waals surface area contributed by atoms with Gasteiger partial charge in [0, 0.05) is 35.3 Å². The van der Waals surface area contributed by atoms with Gasteiger partial charge >= 0.3 is 0 Å². The highest BCUT2D eigenvalue weighted by atomic mass is 35.5. The first kappa shape index (κ1) is 13.6. The fourth-order valence-electron chi connectivity index (χ4n) is 2.38. The van der Waals surface area contributed by atoms with E-state index in [1.54, 1.807) is 11.8 Å². The Morgan fingerprint density at radius 3 is 2.75 bits per heavy atom. The SMILES string of the molecule is O=C(Cn1cccc1)N1CCSC1c1ccccc1Cl. The van der Waals surface area contributed by atoms with E-state index in [-0.39, 0.29) is 11.3 Å². The molecule has 1 fully saturated rings. The van der Waals surface area contributed by atoms with Crippen molar-refractivity contribution in [3.63, 3.8) is 0 Å². The summed E-state index contributed by atoms with van der Waals surface area (Å²) in [6.45, 7) is 1.16. The summed E-state index contributed by atoms with van der Waals surface area (Å²) in [7, 11) is 0. The van der Waals surface area contributed by atoms with Gasteiger partial charge in [0.15, 0.2) is 0 Å². The summed E-state index contributed by atoms with van der Waals surface area (Å²) in [5, 5.41) is 0.762. The molecule has 1 aliphatic heterocycles. The quantitative estimate of drug-likeness (QED) is 0.868. The van der Waals surface area contributed by atoms with Gasteiger partial charge < -0.3 is 9.47 Å². The third-order valence-electron chi connectivity index (χ3n) is 3.37. The number of thioether (sulfide) groups is 1. The highest BCUT2D eigenvalue weighted by Gasteiger charge is 2.31. The van der Waals surface area contributed by atoms with E-state index in [9.17, 15) is 4.79 Å². The average molecular weight is 307 g/mol. The van der Waals surface area contributed by atoms with E-state index in [1.165, 1.54) is 0 Å². The molecule has 2 aromatic rings. The van der Waals surface area contributed by atoms with Gasteiger partial charge in [0.2, 0.25) is 5.91 Å². The molecule has 5 heteroatoms. The number of rotatable bonds is 3. The molecule has 0 saturated carbocycles. The molecule has 20 heavy (non-hydrogen) atoms. The van der Waals surface area contributed by atoms with Crippen molar-refractivity contribution in [2.75, 3.05) is 12.3 Å². The first-order chi connectivity index (χ1) is 9.75. The van der Waals surface area contributed by atoms with Crippen LogP contribution >= 0.6 is 23.4 Å². The summed E-state index contributed by atoms with van der Waals surface area (Å²) in [6.07, 6.45) is 3.82. The van der Waals surface area contributed by atoms with Gasteiger partial charge in [-0.2, -0.15) is 0 Å². The van der Waals surface area contributed by atoms with Gasteiger partial charge in [0.1, 0.15) is 11.9 Å². The highest BCUT2D eigenvalue weighted by Crippen LogP contribution is 2.40. The molecular formula is C15H15ClN2OS. The number of halogens is 1. The Morgan fingerprint density at radius 1 is 1.25 bits per heavy atom. The number of hydrogen-bond acceptors (Lipinski definition) is 2. The summed E-state index contributed by atoms with van der Waals surface area (Å²) in [6, 6.07) is 11.6. The monoisotopic (exact) mass is 306 g/mol. The summed E-state index contributed by atoms with van der Waals surface area (Å²) >= 11 is 8.03. The highest BCUT2D eigenvalue weighted by molar-refractivity contribution is 7.99. The van der Waals surface area contributed by atoms with Crippen LogP contribution in [0, 0.1) is 0 Å². The topological polar surface area (TPSA) is 25.2 Å². The second-order valence-corrected chi connectivity index (χ2v) is 6.28. The maximum atomic E-state index is 12.5. The third kappa shape index (κ3) is 2.72. The molecule has 1 aromatic carbocycles. The Labute approximate surface area is 127 Å². The van der Waals surface area contributed by atoms with Crippen molar-refractivity contribution < 1.29 is 4.79 Å². The second kappa shape index (κ2) is 5.94. The fourth-order valence-corrected chi connectivity index (χ4v) is 4.00. The normalized spacial score (nSPS) is 18.4. The predicted molar refractivity (Wildman–Crippen MR) is 82.8 cm³/mol. The van der Waals surface area contributed by atoms with Crippen molar-refractivity contribution in [2.45, 2.75) is 11.9 Å². The third-order valence-corrected chi connectivity index (χ3v) is 4.95. The average Bonchev–Trinajstić information content (AvgIpc) is 3.09. The molecule has 1 saturated heterocycles. The van der Waals surface area contributed by atoms with Crippen LogP contribution in [0.2, 0.25) is 5.02 Å². The molecule has 0 aliphatic carbocycles. The Kier molecular flexibility index (Phi) is 4.03. The van der Waals surface area contributed by atoms with Gasteiger partial charge in [-0.25, -0.2) is 0 Å². The van der Waals surface area contributed by atoms with Gasteiger partial charge in [-0.1, -0.05) is 29.8 Å². The molecule has 1 amide bonds. The Morgan fingerprint density at radius 2 is 2.00 bits per heavy atom. The number of hydrogen-bond donors (Lipinski definition) is 0. The number of carbonyl (C=O) groups is 1. The zero-order chi connectivity index (χ0) is 13.9. The predicted octanol–water partition coefficient (Wildman–Crippen LogP) is 3.42. The summed E-state index contributed by atoms with van der Waals surface area (Å²) in [5.74, 6) is 1.09. The summed E-state index contributed by atoms with van der Waals surface area (Å²) in [4.78, 5) is 14.4. The summed E-state index contributed by atoms with van der Waals surface area (Å²) < 4.78 is 1.90. The van der Waals surface area contributed by atoms with Crippen LogP contribution < -0.4 is 0 Å². The number of carbonyl (C=O) groups excluding carboxylic acids is 1. The molecule has 104 valence electrons. The second-order valence-electron chi connectivity index (χ2n) is 4.69. The van der Waals surface area contributed by atoms with E-state index in [1.807, 2.05) is 58.3 Å². The van der Waals surface area contributed by atoms with Crippen molar-refractivity contribution in [2.24, 2.45) is 0 Å². The molecule has 0 N–H and O–H groups in total. The number of amides is 1. The molecule has 0 spiro atoms. The Balaban J connectivity index is 1.79. The Bertz CT molecular complexity index is 600. The number of nitrogens with zero attached hydrogens (tertiary/aromatic N) is 2. The van der Waals surface area contributed by atoms with Gasteiger partial charge in [-0.05, 0) is 18.2 Å². The van der Waals surface area contributed by atoms with Crippen LogP contribution in [0.4, 0.5) is 0 Å². The van der Waals surface area contributed by atoms with Crippen LogP contribution in [0.25, 0.3) is 0 Å². The lowest BCUT2D eigenvalue weighted by molar-refractivity contribution is -0.132. The van der Waals surface area contributed by atoms with Crippen molar-refractivity contribution >= 4 is 29.3 Å². The molecule has 0 bridgehead atoms. The maximum absolute atomic E-state index is 12.5. The fraction of sp³-hybridized carbons (Fsp3) is 0.267. The van der Waals surface area contributed by atoms with E-state index in [2.05, 4.69) is 0 Å². The van der Waals surface area contributed by atoms with Crippen molar-refractivity contribution in [3.05, 3.63) is 59.4 Å². The molecule has 1 atom stereocenters. The van der Waals surface area contributed by atoms with Crippen LogP contribution in [0.15, 0.2) is 48.8 Å². The number of benzene rings is 1. The largest absolute Gasteiger partial charge is 0.345 e. The van der Waals surface area contributed by atoms with Gasteiger partial charge in [0.05, 0.1) is 0 Å². The zero-order valence-corrected chi connectivity index (χ0v) is 12.5. The lowest BCUT2D eigenvalue weighted by Gasteiger charge is -2.25. The number of aromatic nitrogens is 1. The van der Waals surface area contributed by atoms with Crippen LogP contribution in [-0.2, 0) is 11.3 Å². The van der Waals surface area contributed by atoms with E-state index in [0.717, 1.165) is 22.9 Å². The lowest BCUT2D eigenvalue weighted by atomic mass is 10.2. The van der Waals surface area contributed by atoms with Crippen molar-refractivity contribution in [3.8, 4) is 0 Å². The van der Waals surface area contributed by atoms with Crippen LogP contribution in [-0.4, -0.2) is 27.7 Å². The molecule has 3 nitrogen and oxygen atoms in total. The lowest BCUT2D eigenvalue weighted by Crippen LogP contribution is -2.33. The minimum absolute atomic E-state index is 0.0340. The molecule has 1 aliphatic rings. The molecule has 1 unspecified atom stereocenters. The molecule has 0 radical (unpaired) electrons. The van der Waals surface area contributed by atoms with Crippen molar-refractivity contribution in [1.29, 1.82) is 0 Å². The Hall–Kier alpha value is -1.39. The molecule has 1 aromatic heterocycles. The van der Waals surface area contributed by atoms with Crippen LogP contribution in [0.1, 0.15) is 10.9 Å². The molecular weight excluding hydrogens is 292 g/mol. The van der Waals surface area contributed by atoms with Gasteiger partial charge in [-0.3, -0.25) is 4.79 Å². The molecule has 3 rings (SSSR count). The standard InChI is InChI=1S/C15H15ClN2OS/c16-13-6-2-1-5-12(13)15-18(9-10-20-15)14(19)11-17-7-3-4-8-17/h1-8,15H,9-11H2. The zero-order valence-electron chi connectivity index (χ0n) is 10.9. The smallest absolute Gasteiger partial charge is 0.243 e. The van der Waals surface area contributed by atoms with Gasteiger partial charge in [-0.15, -0.1) is 11.8 Å². The van der Waals surface area contributed by atoms with E-state index in [0.29, 0.717) is 6.54 Å². The maximum Gasteiger partial charge on any atom is 0.243 e. The molecule has 2 heterocycles. The minimum atomic E-state index is 0.0340. The van der Waals surface area contributed by atoms with Crippen LogP contribution in [0.5, 0.6) is 0 Å². The summed E-state index contributed by atoms with van der Waals surface area (Å²) in [5.41, 5.74) is 1.03. The van der Waals surface area contributed by atoms with E-state index in [4.69, 9.17) is 11.6 Å². The van der Waals surface area contributed by atoms with Crippen molar-refractivity contribution in [1.82, 2.24) is 9.47 Å². The van der Waals surface area contributed by atoms with E-state index >= 15 is 0 Å². The van der Waals surface area contributed by atoms with Crippen LogP contribution in [0.3, 0.4) is 0 Å². The van der Waals surface area contributed by atoms with E-state index < -0.39 is 0 Å². The first-order valence-electron chi connectivity index (χ1n) is 6.52. The van der Waals surface area contributed by atoms with Gasteiger partial charge in [0.25, 0.3) is 0 Å².